The summed E-state index contributed by atoms with van der Waals surface area (Å²) in [7, 11) is 0. The zero-order valence-electron chi connectivity index (χ0n) is 7.39. The summed E-state index contributed by atoms with van der Waals surface area (Å²) < 4.78 is 12.8. The van der Waals surface area contributed by atoms with Crippen molar-refractivity contribution in [1.29, 1.82) is 0 Å². The van der Waals surface area contributed by atoms with Gasteiger partial charge in [0, 0.05) is 6.08 Å². The summed E-state index contributed by atoms with van der Waals surface area (Å²) in [5.74, 6) is -0.234. The molecule has 1 aromatic rings. The van der Waals surface area contributed by atoms with Gasteiger partial charge in [0.25, 0.3) is 0 Å². The lowest BCUT2D eigenvalue weighted by atomic mass is 10.1. The molecule has 0 bridgehead atoms. The van der Waals surface area contributed by atoms with E-state index in [-0.39, 0.29) is 5.82 Å². The van der Waals surface area contributed by atoms with E-state index in [2.05, 4.69) is 0 Å². The van der Waals surface area contributed by atoms with Crippen LogP contribution < -0.4 is 0 Å². The van der Waals surface area contributed by atoms with Gasteiger partial charge >= 0.3 is 0 Å². The number of carbonyl (C=O) groups excluding carboxylic acids is 1. The number of allylic oxidation sites excluding steroid dienone is 2. The first-order valence-electron chi connectivity index (χ1n) is 4.35. The molecule has 0 fully saturated rings. The molecule has 1 aromatic carbocycles. The van der Waals surface area contributed by atoms with Crippen molar-refractivity contribution in [3.63, 3.8) is 0 Å². The van der Waals surface area contributed by atoms with Crippen LogP contribution in [0.25, 0.3) is 5.57 Å². The zero-order valence-corrected chi connectivity index (χ0v) is 8.14. The molecule has 0 radical (unpaired) electrons. The fourth-order valence-corrected chi connectivity index (χ4v) is 1.91. The van der Waals surface area contributed by atoms with Gasteiger partial charge in [-0.1, -0.05) is 6.07 Å². The van der Waals surface area contributed by atoms with Crippen LogP contribution in [0.4, 0.5) is 4.39 Å². The maximum Gasteiger partial charge on any atom is 0.245 e. The van der Waals surface area contributed by atoms with Crippen molar-refractivity contribution in [2.24, 2.45) is 0 Å². The first kappa shape index (κ1) is 9.41. The summed E-state index contributed by atoms with van der Waals surface area (Å²) in [6.07, 6.45) is 2.95. The third-order valence-corrected chi connectivity index (χ3v) is 2.47. The number of aryl methyl sites for hydroxylation is 1. The molecule has 0 atom stereocenters. The molecule has 3 heteroatoms. The van der Waals surface area contributed by atoms with Crippen molar-refractivity contribution < 1.29 is 9.18 Å². The highest BCUT2D eigenvalue weighted by atomic mass is 35.5. The Kier molecular flexibility index (Phi) is 2.38. The number of hydrogen-bond acceptors (Lipinski definition) is 1. The number of halogens is 2. The molecule has 0 unspecified atom stereocenters. The number of carbonyl (C=O) groups is 1. The van der Waals surface area contributed by atoms with E-state index < -0.39 is 5.24 Å². The molecule has 0 aliphatic heterocycles. The molecule has 0 spiro atoms. The van der Waals surface area contributed by atoms with Crippen LogP contribution in [0.15, 0.2) is 24.3 Å². The Labute approximate surface area is 86.2 Å². The first-order chi connectivity index (χ1) is 6.66. The largest absolute Gasteiger partial charge is 0.276 e. The molecule has 1 aliphatic rings. The van der Waals surface area contributed by atoms with E-state index in [0.29, 0.717) is 0 Å². The Morgan fingerprint density at radius 3 is 2.93 bits per heavy atom. The predicted molar refractivity (Wildman–Crippen MR) is 53.6 cm³/mol. The van der Waals surface area contributed by atoms with Gasteiger partial charge in [-0.05, 0) is 53.3 Å². The molecule has 1 aliphatic carbocycles. The van der Waals surface area contributed by atoms with Gasteiger partial charge in [-0.15, -0.1) is 0 Å². The Morgan fingerprint density at radius 2 is 2.21 bits per heavy atom. The van der Waals surface area contributed by atoms with Crippen molar-refractivity contribution in [3.05, 3.63) is 41.2 Å². The maximum absolute atomic E-state index is 12.8. The van der Waals surface area contributed by atoms with Gasteiger partial charge in [0.05, 0.1) is 0 Å². The maximum atomic E-state index is 12.8. The van der Waals surface area contributed by atoms with Crippen LogP contribution in [0.5, 0.6) is 0 Å². The quantitative estimate of drug-likeness (QED) is 0.515. The van der Waals surface area contributed by atoms with Crippen LogP contribution in [0.1, 0.15) is 17.5 Å². The van der Waals surface area contributed by atoms with E-state index in [0.717, 1.165) is 29.5 Å². The Balaban J connectivity index is 2.45. The highest BCUT2D eigenvalue weighted by Crippen LogP contribution is 2.32. The first-order valence-corrected chi connectivity index (χ1v) is 4.73. The minimum Gasteiger partial charge on any atom is -0.276 e. The molecule has 2 rings (SSSR count). The summed E-state index contributed by atoms with van der Waals surface area (Å²) in [5, 5.41) is -0.475. The topological polar surface area (TPSA) is 17.1 Å². The lowest BCUT2D eigenvalue weighted by molar-refractivity contribution is -0.107. The fourth-order valence-electron chi connectivity index (χ4n) is 1.77. The average Bonchev–Trinajstić information content (AvgIpc) is 2.47. The normalized spacial score (nSPS) is 17.1. The van der Waals surface area contributed by atoms with Crippen LogP contribution in [0.3, 0.4) is 0 Å². The second kappa shape index (κ2) is 3.54. The number of hydrogen-bond donors (Lipinski definition) is 0. The smallest absolute Gasteiger partial charge is 0.245 e. The van der Waals surface area contributed by atoms with Gasteiger partial charge in [-0.25, -0.2) is 4.39 Å². The van der Waals surface area contributed by atoms with E-state index in [1.54, 1.807) is 6.07 Å². The number of fused-ring (bicyclic) bond motifs is 1. The van der Waals surface area contributed by atoms with E-state index >= 15 is 0 Å². The highest BCUT2D eigenvalue weighted by molar-refractivity contribution is 6.67. The van der Waals surface area contributed by atoms with E-state index in [1.807, 2.05) is 0 Å². The van der Waals surface area contributed by atoms with Gasteiger partial charge in [-0.2, -0.15) is 0 Å². The molecule has 0 N–H and O–H groups in total. The third-order valence-electron chi connectivity index (χ3n) is 2.36. The Bertz CT molecular complexity index is 423. The minimum absolute atomic E-state index is 0.234. The lowest BCUT2D eigenvalue weighted by Gasteiger charge is -1.99. The highest BCUT2D eigenvalue weighted by Gasteiger charge is 2.16. The molecule has 0 amide bonds. The molecular weight excluding hydrogens is 203 g/mol. The lowest BCUT2D eigenvalue weighted by Crippen LogP contribution is -1.85. The summed E-state index contributed by atoms with van der Waals surface area (Å²) in [5.41, 5.74) is 2.80. The van der Waals surface area contributed by atoms with Crippen LogP contribution >= 0.6 is 11.6 Å². The number of rotatable bonds is 1. The molecule has 14 heavy (non-hydrogen) atoms. The van der Waals surface area contributed by atoms with Gasteiger partial charge in [0.1, 0.15) is 5.82 Å². The van der Waals surface area contributed by atoms with Crippen LogP contribution in [-0.4, -0.2) is 5.24 Å². The summed E-state index contributed by atoms with van der Waals surface area (Å²) >= 11 is 5.27. The molecule has 1 nitrogen and oxygen atoms in total. The van der Waals surface area contributed by atoms with Crippen molar-refractivity contribution in [2.75, 3.05) is 0 Å². The molecule has 72 valence electrons. The Morgan fingerprint density at radius 1 is 1.43 bits per heavy atom. The van der Waals surface area contributed by atoms with Gasteiger partial charge in [-0.3, -0.25) is 4.79 Å². The summed E-state index contributed by atoms with van der Waals surface area (Å²) in [6, 6.07) is 4.61. The van der Waals surface area contributed by atoms with Crippen LogP contribution in [0, 0.1) is 5.82 Å². The summed E-state index contributed by atoms with van der Waals surface area (Å²) in [4.78, 5) is 10.7. The molecule has 0 heterocycles. The second-order valence-electron chi connectivity index (χ2n) is 3.28. The monoisotopic (exact) mass is 210 g/mol. The predicted octanol–water partition coefficient (Wildman–Crippen LogP) is 2.92. The number of benzene rings is 1. The van der Waals surface area contributed by atoms with Crippen molar-refractivity contribution in [1.82, 2.24) is 0 Å². The zero-order chi connectivity index (χ0) is 10.1. The van der Waals surface area contributed by atoms with Gasteiger partial charge in [0.2, 0.25) is 5.24 Å². The van der Waals surface area contributed by atoms with Crippen molar-refractivity contribution in [3.8, 4) is 0 Å². The molecule has 0 saturated heterocycles. The van der Waals surface area contributed by atoms with Crippen LogP contribution in [0.2, 0.25) is 0 Å². The van der Waals surface area contributed by atoms with Gasteiger partial charge in [0.15, 0.2) is 0 Å². The second-order valence-corrected chi connectivity index (χ2v) is 3.65. The standard InChI is InChI=1S/C11H8ClFO/c12-11(14)6-8-2-1-7-5-9(13)3-4-10(7)8/h3-6H,1-2H2/b8-6-. The van der Waals surface area contributed by atoms with Crippen molar-refractivity contribution in [2.45, 2.75) is 12.8 Å². The van der Waals surface area contributed by atoms with E-state index in [1.165, 1.54) is 18.2 Å². The Hall–Kier alpha value is -1.15. The summed E-state index contributed by atoms with van der Waals surface area (Å²) in [6.45, 7) is 0. The molecular formula is C11H8ClFO. The third kappa shape index (κ3) is 1.70. The van der Waals surface area contributed by atoms with Crippen LogP contribution in [-0.2, 0) is 11.2 Å². The van der Waals surface area contributed by atoms with Gasteiger partial charge < -0.3 is 0 Å². The van der Waals surface area contributed by atoms with E-state index in [4.69, 9.17) is 11.6 Å². The molecule has 0 aromatic heterocycles. The molecule has 0 saturated carbocycles. The van der Waals surface area contributed by atoms with Crippen molar-refractivity contribution >= 4 is 22.4 Å². The minimum atomic E-state index is -0.475. The SMILES string of the molecule is O=C(Cl)/C=C1/CCc2cc(F)ccc21. The van der Waals surface area contributed by atoms with E-state index in [9.17, 15) is 9.18 Å². The fraction of sp³-hybridized carbons (Fsp3) is 0.182. The average molecular weight is 211 g/mol.